The van der Waals surface area contributed by atoms with Gasteiger partial charge in [0.25, 0.3) is 0 Å². The van der Waals surface area contributed by atoms with Crippen LogP contribution in [0.15, 0.2) is 30.3 Å². The first-order valence-electron chi connectivity index (χ1n) is 5.39. The van der Waals surface area contributed by atoms with Crippen molar-refractivity contribution in [3.8, 4) is 0 Å². The van der Waals surface area contributed by atoms with E-state index in [1.165, 1.54) is 16.7 Å². The lowest BCUT2D eigenvalue weighted by atomic mass is 10.0. The lowest BCUT2D eigenvalue weighted by Gasteiger charge is -2.16. The van der Waals surface area contributed by atoms with E-state index in [2.05, 4.69) is 37.5 Å². The summed E-state index contributed by atoms with van der Waals surface area (Å²) in [5, 5.41) is 0. The van der Waals surface area contributed by atoms with Crippen LogP contribution in [0.4, 0.5) is 0 Å². The van der Waals surface area contributed by atoms with Gasteiger partial charge < -0.3 is 0 Å². The van der Waals surface area contributed by atoms with Gasteiger partial charge in [0, 0.05) is 4.88 Å². The number of nitrogens with two attached hydrogens (primary N) is 1. The smallest absolute Gasteiger partial charge is 0.0931 e. The van der Waals surface area contributed by atoms with Crippen molar-refractivity contribution in [3.63, 3.8) is 0 Å². The van der Waals surface area contributed by atoms with E-state index in [0.717, 1.165) is 9.21 Å². The summed E-state index contributed by atoms with van der Waals surface area (Å²) >= 11 is 7.51. The first-order chi connectivity index (χ1) is 8.10. The Hall–Kier alpha value is -0.870. The van der Waals surface area contributed by atoms with Crippen LogP contribution in [-0.2, 0) is 0 Å². The molecule has 17 heavy (non-hydrogen) atoms. The van der Waals surface area contributed by atoms with Crippen LogP contribution in [0.25, 0.3) is 0 Å². The van der Waals surface area contributed by atoms with E-state index in [0.29, 0.717) is 0 Å². The Morgan fingerprint density at radius 2 is 1.82 bits per heavy atom. The van der Waals surface area contributed by atoms with E-state index in [1.54, 1.807) is 11.3 Å². The number of hydrazine groups is 1. The van der Waals surface area contributed by atoms with Crippen molar-refractivity contribution in [2.75, 3.05) is 0 Å². The Bertz CT molecular complexity index is 502. The molecule has 0 aliphatic rings. The molecule has 0 saturated heterocycles. The fraction of sp³-hybridized carbons (Fsp3) is 0.231. The molecule has 1 atom stereocenters. The number of hydrogen-bond acceptors (Lipinski definition) is 3. The molecule has 3 N–H and O–H groups in total. The molecule has 0 saturated carbocycles. The third-order valence-electron chi connectivity index (χ3n) is 2.62. The highest BCUT2D eigenvalue weighted by Crippen LogP contribution is 2.31. The Morgan fingerprint density at radius 3 is 2.29 bits per heavy atom. The number of nitrogens with one attached hydrogen (secondary N) is 1. The van der Waals surface area contributed by atoms with Crippen molar-refractivity contribution in [1.82, 2.24) is 5.43 Å². The van der Waals surface area contributed by atoms with E-state index in [9.17, 15) is 0 Å². The van der Waals surface area contributed by atoms with E-state index in [1.807, 2.05) is 12.1 Å². The number of halogens is 1. The van der Waals surface area contributed by atoms with Crippen molar-refractivity contribution < 1.29 is 0 Å². The maximum absolute atomic E-state index is 5.96. The van der Waals surface area contributed by atoms with Gasteiger partial charge in [0.1, 0.15) is 0 Å². The Kier molecular flexibility index (Phi) is 3.84. The Labute approximate surface area is 110 Å². The average molecular weight is 267 g/mol. The van der Waals surface area contributed by atoms with Crippen LogP contribution in [0.3, 0.4) is 0 Å². The average Bonchev–Trinajstić information content (AvgIpc) is 2.64. The summed E-state index contributed by atoms with van der Waals surface area (Å²) in [7, 11) is 0. The van der Waals surface area contributed by atoms with Gasteiger partial charge in [-0.25, -0.2) is 5.43 Å². The van der Waals surface area contributed by atoms with Gasteiger partial charge >= 0.3 is 0 Å². The molecule has 1 heterocycles. The fourth-order valence-corrected chi connectivity index (χ4v) is 3.15. The molecular formula is C13H15ClN2S. The highest BCUT2D eigenvalue weighted by molar-refractivity contribution is 7.16. The second-order valence-electron chi connectivity index (χ2n) is 4.16. The van der Waals surface area contributed by atoms with Crippen LogP contribution in [0.1, 0.15) is 27.6 Å². The first kappa shape index (κ1) is 12.6. The minimum Gasteiger partial charge on any atom is -0.271 e. The predicted molar refractivity (Wildman–Crippen MR) is 74.4 cm³/mol. The van der Waals surface area contributed by atoms with Crippen LogP contribution < -0.4 is 11.3 Å². The topological polar surface area (TPSA) is 38.0 Å². The first-order valence-corrected chi connectivity index (χ1v) is 6.59. The zero-order valence-corrected chi connectivity index (χ0v) is 11.4. The van der Waals surface area contributed by atoms with Gasteiger partial charge in [-0.15, -0.1) is 11.3 Å². The van der Waals surface area contributed by atoms with Gasteiger partial charge in [0.15, 0.2) is 0 Å². The molecule has 1 aromatic carbocycles. The lowest BCUT2D eigenvalue weighted by molar-refractivity contribution is 0.646. The summed E-state index contributed by atoms with van der Waals surface area (Å²) < 4.78 is 0.782. The SMILES string of the molecule is Cc1cc(C)cc(C(NN)c2ccc(Cl)s2)c1. The van der Waals surface area contributed by atoms with Gasteiger partial charge in [-0.1, -0.05) is 40.9 Å². The molecule has 0 fully saturated rings. The predicted octanol–water partition coefficient (Wildman–Crippen LogP) is 3.57. The van der Waals surface area contributed by atoms with E-state index in [-0.39, 0.29) is 6.04 Å². The molecular weight excluding hydrogens is 252 g/mol. The van der Waals surface area contributed by atoms with Gasteiger partial charge in [-0.3, -0.25) is 5.84 Å². The van der Waals surface area contributed by atoms with Crippen LogP contribution in [-0.4, -0.2) is 0 Å². The molecule has 0 bridgehead atoms. The minimum absolute atomic E-state index is 0.00565. The summed E-state index contributed by atoms with van der Waals surface area (Å²) in [5.41, 5.74) is 6.50. The van der Waals surface area contributed by atoms with Gasteiger partial charge in [0.05, 0.1) is 10.4 Å². The third-order valence-corrected chi connectivity index (χ3v) is 3.92. The number of thiophene rings is 1. The zero-order chi connectivity index (χ0) is 12.4. The number of aryl methyl sites for hydroxylation is 2. The highest BCUT2D eigenvalue weighted by atomic mass is 35.5. The summed E-state index contributed by atoms with van der Waals surface area (Å²) in [6.45, 7) is 4.18. The molecule has 0 amide bonds. The van der Waals surface area contributed by atoms with E-state index >= 15 is 0 Å². The van der Waals surface area contributed by atoms with Crippen LogP contribution in [0, 0.1) is 13.8 Å². The minimum atomic E-state index is 0.00565. The summed E-state index contributed by atoms with van der Waals surface area (Å²) in [5.74, 6) is 5.66. The Balaban J connectivity index is 2.41. The molecule has 2 rings (SSSR count). The second kappa shape index (κ2) is 5.19. The number of hydrogen-bond donors (Lipinski definition) is 2. The maximum atomic E-state index is 5.96. The quantitative estimate of drug-likeness (QED) is 0.658. The van der Waals surface area contributed by atoms with Gasteiger partial charge in [-0.2, -0.15) is 0 Å². The van der Waals surface area contributed by atoms with Crippen molar-refractivity contribution >= 4 is 22.9 Å². The van der Waals surface area contributed by atoms with Crippen molar-refractivity contribution in [3.05, 3.63) is 56.2 Å². The molecule has 90 valence electrons. The fourth-order valence-electron chi connectivity index (χ4n) is 2.00. The van der Waals surface area contributed by atoms with Crippen LogP contribution in [0.2, 0.25) is 4.34 Å². The Morgan fingerprint density at radius 1 is 1.18 bits per heavy atom. The third kappa shape index (κ3) is 2.87. The molecule has 4 heteroatoms. The molecule has 0 aliphatic heterocycles. The molecule has 0 aliphatic carbocycles. The molecule has 0 spiro atoms. The molecule has 1 aromatic heterocycles. The summed E-state index contributed by atoms with van der Waals surface area (Å²) in [4.78, 5) is 1.13. The summed E-state index contributed by atoms with van der Waals surface area (Å²) in [6.07, 6.45) is 0. The van der Waals surface area contributed by atoms with Crippen LogP contribution >= 0.6 is 22.9 Å². The highest BCUT2D eigenvalue weighted by Gasteiger charge is 2.15. The van der Waals surface area contributed by atoms with E-state index < -0.39 is 0 Å². The van der Waals surface area contributed by atoms with Crippen molar-refractivity contribution in [2.24, 2.45) is 5.84 Å². The number of rotatable bonds is 3. The zero-order valence-electron chi connectivity index (χ0n) is 9.83. The van der Waals surface area contributed by atoms with E-state index in [4.69, 9.17) is 17.4 Å². The summed E-state index contributed by atoms with van der Waals surface area (Å²) in [6, 6.07) is 10.4. The van der Waals surface area contributed by atoms with Gasteiger partial charge in [0.2, 0.25) is 0 Å². The van der Waals surface area contributed by atoms with Crippen LogP contribution in [0.5, 0.6) is 0 Å². The molecule has 1 unspecified atom stereocenters. The van der Waals surface area contributed by atoms with Crippen molar-refractivity contribution in [1.29, 1.82) is 0 Å². The normalized spacial score (nSPS) is 12.7. The second-order valence-corrected chi connectivity index (χ2v) is 5.91. The molecule has 2 nitrogen and oxygen atoms in total. The van der Waals surface area contributed by atoms with Crippen molar-refractivity contribution in [2.45, 2.75) is 19.9 Å². The number of benzene rings is 1. The molecule has 2 aromatic rings. The maximum Gasteiger partial charge on any atom is 0.0931 e. The lowest BCUT2D eigenvalue weighted by Crippen LogP contribution is -2.28. The standard InChI is InChI=1S/C13H15ClN2S/c1-8-5-9(2)7-10(6-8)13(16-15)11-3-4-12(14)17-11/h3-7,13,16H,15H2,1-2H3. The molecule has 0 radical (unpaired) electrons. The largest absolute Gasteiger partial charge is 0.271 e. The monoisotopic (exact) mass is 266 g/mol. The van der Waals surface area contributed by atoms with Gasteiger partial charge in [-0.05, 0) is 31.5 Å².